The fourth-order valence-electron chi connectivity index (χ4n) is 5.52. The zero-order valence-corrected chi connectivity index (χ0v) is 17.2. The summed E-state index contributed by atoms with van der Waals surface area (Å²) < 4.78 is 8.85. The van der Waals surface area contributed by atoms with E-state index in [1.807, 2.05) is 18.4 Å². The van der Waals surface area contributed by atoms with Crippen molar-refractivity contribution in [1.29, 1.82) is 0 Å². The van der Waals surface area contributed by atoms with Crippen LogP contribution in [0.15, 0.2) is 30.3 Å². The highest BCUT2D eigenvalue weighted by atomic mass is 32.1. The predicted octanol–water partition coefficient (Wildman–Crippen LogP) is 8.16. The maximum absolute atomic E-state index is 6.07. The smallest absolute Gasteiger partial charge is 0.131 e. The van der Waals surface area contributed by atoms with Gasteiger partial charge in [0.05, 0.1) is 7.11 Å². The number of ether oxygens (including phenoxy) is 1. The maximum Gasteiger partial charge on any atom is 0.131 e. The van der Waals surface area contributed by atoms with Crippen LogP contribution in [-0.4, -0.2) is 7.11 Å². The Labute approximate surface area is 166 Å². The number of rotatable bonds is 3. The number of methoxy groups -OCH3 is 1. The van der Waals surface area contributed by atoms with E-state index in [2.05, 4.69) is 30.3 Å². The second-order valence-electron chi connectivity index (χ2n) is 8.59. The number of hydrogen-bond acceptors (Lipinski definition) is 2. The molecule has 2 aliphatic rings. The van der Waals surface area contributed by atoms with E-state index in [9.17, 15) is 0 Å². The van der Waals surface area contributed by atoms with Crippen molar-refractivity contribution in [2.24, 2.45) is 0 Å². The zero-order chi connectivity index (χ0) is 18.2. The quantitative estimate of drug-likeness (QED) is 0.446. The van der Waals surface area contributed by atoms with Crippen LogP contribution in [0.5, 0.6) is 5.75 Å². The molecule has 2 saturated carbocycles. The molecule has 1 nitrogen and oxygen atoms in total. The van der Waals surface area contributed by atoms with Gasteiger partial charge in [-0.3, -0.25) is 0 Å². The van der Waals surface area contributed by atoms with E-state index in [1.54, 1.807) is 5.56 Å². The molecular weight excluding hydrogens is 348 g/mol. The molecule has 2 fully saturated rings. The first-order chi connectivity index (χ1) is 13.3. The molecule has 2 aromatic carbocycles. The van der Waals surface area contributed by atoms with Gasteiger partial charge < -0.3 is 4.74 Å². The van der Waals surface area contributed by atoms with Crippen LogP contribution in [-0.2, 0) is 0 Å². The van der Waals surface area contributed by atoms with Gasteiger partial charge in [0, 0.05) is 20.2 Å². The molecule has 2 heteroatoms. The summed E-state index contributed by atoms with van der Waals surface area (Å²) in [5.41, 5.74) is 3.00. The molecule has 5 rings (SSSR count). The number of benzene rings is 2. The average Bonchev–Trinajstić information content (AvgIpc) is 3.12. The average molecular weight is 379 g/mol. The van der Waals surface area contributed by atoms with Crippen LogP contribution in [0.1, 0.15) is 87.2 Å². The minimum absolute atomic E-state index is 0.676. The second kappa shape index (κ2) is 7.47. The van der Waals surface area contributed by atoms with Gasteiger partial charge in [-0.15, -0.1) is 11.3 Å². The predicted molar refractivity (Wildman–Crippen MR) is 118 cm³/mol. The van der Waals surface area contributed by atoms with Gasteiger partial charge in [0.25, 0.3) is 0 Å². The van der Waals surface area contributed by atoms with E-state index in [0.717, 1.165) is 11.7 Å². The van der Waals surface area contributed by atoms with Crippen molar-refractivity contribution in [2.45, 2.75) is 76.0 Å². The van der Waals surface area contributed by atoms with Gasteiger partial charge in [0.2, 0.25) is 0 Å². The van der Waals surface area contributed by atoms with Crippen molar-refractivity contribution in [3.63, 3.8) is 0 Å². The zero-order valence-electron chi connectivity index (χ0n) is 16.4. The Hall–Kier alpha value is -1.54. The minimum atomic E-state index is 0.676. The van der Waals surface area contributed by atoms with E-state index in [-0.39, 0.29) is 0 Å². The Morgan fingerprint density at radius 2 is 1.44 bits per heavy atom. The molecule has 0 amide bonds. The molecule has 0 aliphatic heterocycles. The van der Waals surface area contributed by atoms with Gasteiger partial charge in [0.1, 0.15) is 5.75 Å². The highest BCUT2D eigenvalue weighted by molar-refractivity contribution is 7.25. The molecule has 0 spiro atoms. The molecule has 0 bridgehead atoms. The third kappa shape index (κ3) is 3.16. The van der Waals surface area contributed by atoms with Gasteiger partial charge in [-0.25, -0.2) is 0 Å². The lowest BCUT2D eigenvalue weighted by Crippen LogP contribution is -2.06. The third-order valence-corrected chi connectivity index (χ3v) is 8.10. The van der Waals surface area contributed by atoms with Crippen molar-refractivity contribution in [3.8, 4) is 5.75 Å². The summed E-state index contributed by atoms with van der Waals surface area (Å²) in [5, 5.41) is 2.80. The molecule has 142 valence electrons. The molecule has 0 N–H and O–H groups in total. The Morgan fingerprint density at radius 1 is 0.778 bits per heavy atom. The van der Waals surface area contributed by atoms with E-state index < -0.39 is 0 Å². The fraction of sp³-hybridized carbons (Fsp3) is 0.520. The SMILES string of the molecule is COc1c(C2CCCCC2)ccc2sc3ccc(C4CCCCC4)cc3c12. The van der Waals surface area contributed by atoms with E-state index in [0.29, 0.717) is 5.92 Å². The molecule has 0 atom stereocenters. The van der Waals surface area contributed by atoms with E-state index >= 15 is 0 Å². The van der Waals surface area contributed by atoms with Crippen molar-refractivity contribution < 1.29 is 4.74 Å². The molecule has 2 aliphatic carbocycles. The normalized spacial score (nSPS) is 19.7. The highest BCUT2D eigenvalue weighted by Gasteiger charge is 2.23. The van der Waals surface area contributed by atoms with Gasteiger partial charge in [-0.2, -0.15) is 0 Å². The fourth-order valence-corrected chi connectivity index (χ4v) is 6.60. The molecular formula is C25H30OS. The second-order valence-corrected chi connectivity index (χ2v) is 9.67. The molecule has 3 aromatic rings. The van der Waals surface area contributed by atoms with Gasteiger partial charge in [-0.05, 0) is 66.8 Å². The van der Waals surface area contributed by atoms with Crippen molar-refractivity contribution in [2.75, 3.05) is 7.11 Å². The van der Waals surface area contributed by atoms with E-state index in [4.69, 9.17) is 4.74 Å². The van der Waals surface area contributed by atoms with Gasteiger partial charge in [0.15, 0.2) is 0 Å². The molecule has 0 unspecified atom stereocenters. The Morgan fingerprint density at radius 3 is 2.15 bits per heavy atom. The lowest BCUT2D eigenvalue weighted by atomic mass is 9.82. The Balaban J connectivity index is 1.65. The number of hydrogen-bond donors (Lipinski definition) is 0. The first-order valence-corrected chi connectivity index (χ1v) is 11.7. The summed E-state index contributed by atoms with van der Waals surface area (Å²) in [7, 11) is 1.87. The van der Waals surface area contributed by atoms with Crippen LogP contribution in [0.2, 0.25) is 0 Å². The molecule has 27 heavy (non-hydrogen) atoms. The number of thiophene rings is 1. The molecule has 0 radical (unpaired) electrons. The van der Waals surface area contributed by atoms with Gasteiger partial charge >= 0.3 is 0 Å². The first-order valence-electron chi connectivity index (χ1n) is 10.9. The lowest BCUT2D eigenvalue weighted by Gasteiger charge is -2.24. The summed E-state index contributed by atoms with van der Waals surface area (Å²) in [4.78, 5) is 0. The van der Waals surface area contributed by atoms with Crippen LogP contribution in [0.4, 0.5) is 0 Å². The molecule has 1 aromatic heterocycles. The summed E-state index contributed by atoms with van der Waals surface area (Å²) in [6, 6.07) is 12.0. The topological polar surface area (TPSA) is 9.23 Å². The maximum atomic E-state index is 6.07. The molecule has 0 saturated heterocycles. The van der Waals surface area contributed by atoms with Crippen LogP contribution in [0.3, 0.4) is 0 Å². The minimum Gasteiger partial charge on any atom is -0.496 e. The number of fused-ring (bicyclic) bond motifs is 3. The van der Waals surface area contributed by atoms with Crippen molar-refractivity contribution in [3.05, 3.63) is 41.5 Å². The molecule has 1 heterocycles. The summed E-state index contributed by atoms with van der Waals surface area (Å²) in [5.74, 6) is 2.59. The monoisotopic (exact) mass is 378 g/mol. The summed E-state index contributed by atoms with van der Waals surface area (Å²) in [6.45, 7) is 0. The summed E-state index contributed by atoms with van der Waals surface area (Å²) in [6.07, 6.45) is 13.7. The largest absolute Gasteiger partial charge is 0.496 e. The lowest BCUT2D eigenvalue weighted by molar-refractivity contribution is 0.391. The van der Waals surface area contributed by atoms with Crippen LogP contribution >= 0.6 is 11.3 Å². The third-order valence-electron chi connectivity index (χ3n) is 6.97. The van der Waals surface area contributed by atoms with Crippen LogP contribution in [0.25, 0.3) is 20.2 Å². The van der Waals surface area contributed by atoms with Crippen molar-refractivity contribution >= 4 is 31.5 Å². The first kappa shape index (κ1) is 17.6. The van der Waals surface area contributed by atoms with E-state index in [1.165, 1.54) is 89.9 Å². The van der Waals surface area contributed by atoms with Crippen LogP contribution < -0.4 is 4.74 Å². The Bertz CT molecular complexity index is 942. The Kier molecular flexibility index (Phi) is 4.85. The summed E-state index contributed by atoms with van der Waals surface area (Å²) >= 11 is 1.92. The van der Waals surface area contributed by atoms with Crippen molar-refractivity contribution in [1.82, 2.24) is 0 Å². The highest BCUT2D eigenvalue weighted by Crippen LogP contribution is 2.47. The standard InChI is InChI=1S/C25H30OS/c1-26-25-20(18-10-6-3-7-11-18)13-15-23-24(25)21-16-19(12-14-22(21)27-23)17-8-4-2-5-9-17/h12-18H,2-11H2,1H3. The van der Waals surface area contributed by atoms with Gasteiger partial charge in [-0.1, -0.05) is 50.7 Å². The van der Waals surface area contributed by atoms with Crippen LogP contribution in [0, 0.1) is 0 Å².